The standard InChI is InChI=1S/C13H18N2O3/c1-3-11(12(16)17)14-13(18)15(2)9-10-7-5-4-6-8-10/h4-8,11H,3,9H2,1-2H3,(H,14,18)(H,16,17). The van der Waals surface area contributed by atoms with Crippen LogP contribution in [0.15, 0.2) is 30.3 Å². The van der Waals surface area contributed by atoms with Crippen LogP contribution in [0.4, 0.5) is 4.79 Å². The Bertz CT molecular complexity index is 406. The van der Waals surface area contributed by atoms with Gasteiger partial charge in [0.1, 0.15) is 6.04 Å². The van der Waals surface area contributed by atoms with Crippen molar-refractivity contribution in [3.8, 4) is 0 Å². The van der Waals surface area contributed by atoms with Crippen molar-refractivity contribution in [2.75, 3.05) is 7.05 Å². The summed E-state index contributed by atoms with van der Waals surface area (Å²) in [6.07, 6.45) is 0.361. The Morgan fingerprint density at radius 3 is 2.44 bits per heavy atom. The maximum Gasteiger partial charge on any atom is 0.326 e. The second-order valence-corrected chi connectivity index (χ2v) is 4.09. The summed E-state index contributed by atoms with van der Waals surface area (Å²) >= 11 is 0. The summed E-state index contributed by atoms with van der Waals surface area (Å²) < 4.78 is 0. The number of benzene rings is 1. The minimum atomic E-state index is -1.01. The van der Waals surface area contributed by atoms with Gasteiger partial charge in [0.15, 0.2) is 0 Å². The number of nitrogens with one attached hydrogen (secondary N) is 1. The number of aliphatic carboxylic acids is 1. The molecule has 0 aliphatic rings. The van der Waals surface area contributed by atoms with Gasteiger partial charge in [-0.25, -0.2) is 9.59 Å². The summed E-state index contributed by atoms with van der Waals surface area (Å²) in [5.41, 5.74) is 0.999. The first-order valence-corrected chi connectivity index (χ1v) is 5.83. The van der Waals surface area contributed by atoms with Crippen molar-refractivity contribution in [1.29, 1.82) is 0 Å². The van der Waals surface area contributed by atoms with Crippen molar-refractivity contribution >= 4 is 12.0 Å². The Morgan fingerprint density at radius 2 is 1.94 bits per heavy atom. The molecule has 1 rings (SSSR count). The molecule has 0 aromatic heterocycles. The number of carboxylic acid groups (broad SMARTS) is 1. The molecule has 0 saturated heterocycles. The van der Waals surface area contributed by atoms with Crippen LogP contribution in [0.5, 0.6) is 0 Å². The van der Waals surface area contributed by atoms with E-state index in [1.54, 1.807) is 14.0 Å². The Kier molecular flexibility index (Phi) is 5.17. The van der Waals surface area contributed by atoms with Gasteiger partial charge in [-0.1, -0.05) is 37.3 Å². The van der Waals surface area contributed by atoms with Gasteiger partial charge < -0.3 is 15.3 Å². The first-order chi connectivity index (χ1) is 8.54. The van der Waals surface area contributed by atoms with Crippen LogP contribution in [0.1, 0.15) is 18.9 Å². The summed E-state index contributed by atoms with van der Waals surface area (Å²) in [5, 5.41) is 11.3. The predicted octanol–water partition coefficient (Wildman–Crippen LogP) is 1.69. The largest absolute Gasteiger partial charge is 0.480 e. The molecule has 0 radical (unpaired) electrons. The van der Waals surface area contributed by atoms with Gasteiger partial charge in [0.25, 0.3) is 0 Å². The van der Waals surface area contributed by atoms with Crippen molar-refractivity contribution in [1.82, 2.24) is 10.2 Å². The van der Waals surface area contributed by atoms with Crippen LogP contribution in [0.3, 0.4) is 0 Å². The van der Waals surface area contributed by atoms with Crippen LogP contribution in [-0.2, 0) is 11.3 Å². The Morgan fingerprint density at radius 1 is 1.33 bits per heavy atom. The summed E-state index contributed by atoms with van der Waals surface area (Å²) in [5.74, 6) is -1.01. The third kappa shape index (κ3) is 4.08. The topological polar surface area (TPSA) is 69.6 Å². The highest BCUT2D eigenvalue weighted by Gasteiger charge is 2.19. The van der Waals surface area contributed by atoms with Crippen LogP contribution in [0, 0.1) is 0 Å². The molecule has 1 atom stereocenters. The van der Waals surface area contributed by atoms with Gasteiger partial charge in [-0.3, -0.25) is 0 Å². The van der Waals surface area contributed by atoms with E-state index in [-0.39, 0.29) is 6.03 Å². The van der Waals surface area contributed by atoms with E-state index in [2.05, 4.69) is 5.32 Å². The number of carbonyl (C=O) groups excluding carboxylic acids is 1. The average Bonchev–Trinajstić information content (AvgIpc) is 2.36. The monoisotopic (exact) mass is 250 g/mol. The molecule has 1 aromatic carbocycles. The molecule has 0 bridgehead atoms. The zero-order valence-electron chi connectivity index (χ0n) is 10.6. The lowest BCUT2D eigenvalue weighted by Crippen LogP contribution is -2.46. The van der Waals surface area contributed by atoms with Gasteiger partial charge in [-0.2, -0.15) is 0 Å². The second kappa shape index (κ2) is 6.64. The fourth-order valence-corrected chi connectivity index (χ4v) is 1.53. The van der Waals surface area contributed by atoms with E-state index in [9.17, 15) is 9.59 Å². The lowest BCUT2D eigenvalue weighted by atomic mass is 10.2. The van der Waals surface area contributed by atoms with Gasteiger partial charge in [-0.15, -0.1) is 0 Å². The molecule has 0 heterocycles. The highest BCUT2D eigenvalue weighted by Crippen LogP contribution is 2.03. The normalized spacial score (nSPS) is 11.7. The lowest BCUT2D eigenvalue weighted by Gasteiger charge is -2.20. The fourth-order valence-electron chi connectivity index (χ4n) is 1.53. The van der Waals surface area contributed by atoms with Gasteiger partial charge >= 0.3 is 12.0 Å². The summed E-state index contributed by atoms with van der Waals surface area (Å²) in [6.45, 7) is 2.17. The first-order valence-electron chi connectivity index (χ1n) is 5.83. The van der Waals surface area contributed by atoms with Crippen LogP contribution in [0.25, 0.3) is 0 Å². The molecular weight excluding hydrogens is 232 g/mol. The molecular formula is C13H18N2O3. The number of urea groups is 1. The quantitative estimate of drug-likeness (QED) is 0.835. The zero-order chi connectivity index (χ0) is 13.5. The van der Waals surface area contributed by atoms with E-state index in [0.29, 0.717) is 13.0 Å². The number of amides is 2. The van der Waals surface area contributed by atoms with Gasteiger partial charge in [0, 0.05) is 13.6 Å². The molecule has 0 fully saturated rings. The molecule has 0 saturated carbocycles. The molecule has 1 aromatic rings. The lowest BCUT2D eigenvalue weighted by molar-refractivity contribution is -0.139. The predicted molar refractivity (Wildman–Crippen MR) is 68.2 cm³/mol. The minimum absolute atomic E-state index is 0.361. The SMILES string of the molecule is CCC(NC(=O)N(C)Cc1ccccc1)C(=O)O. The molecule has 5 nitrogen and oxygen atoms in total. The highest BCUT2D eigenvalue weighted by atomic mass is 16.4. The van der Waals surface area contributed by atoms with Crippen LogP contribution >= 0.6 is 0 Å². The van der Waals surface area contributed by atoms with E-state index in [4.69, 9.17) is 5.11 Å². The highest BCUT2D eigenvalue weighted by molar-refractivity contribution is 5.82. The molecule has 18 heavy (non-hydrogen) atoms. The Balaban J connectivity index is 2.54. The molecule has 1 unspecified atom stereocenters. The van der Waals surface area contributed by atoms with Gasteiger partial charge in [-0.05, 0) is 12.0 Å². The van der Waals surface area contributed by atoms with Crippen LogP contribution in [0.2, 0.25) is 0 Å². The number of hydrogen-bond donors (Lipinski definition) is 2. The van der Waals surface area contributed by atoms with E-state index in [1.165, 1.54) is 4.90 Å². The van der Waals surface area contributed by atoms with E-state index < -0.39 is 12.0 Å². The third-order valence-corrected chi connectivity index (χ3v) is 2.61. The summed E-state index contributed by atoms with van der Waals surface area (Å²) in [7, 11) is 1.64. The Hall–Kier alpha value is -2.04. The third-order valence-electron chi connectivity index (χ3n) is 2.61. The number of carboxylic acids is 1. The van der Waals surface area contributed by atoms with Crippen molar-refractivity contribution in [2.45, 2.75) is 25.9 Å². The maximum atomic E-state index is 11.8. The average molecular weight is 250 g/mol. The maximum absolute atomic E-state index is 11.8. The number of hydrogen-bond acceptors (Lipinski definition) is 2. The van der Waals surface area contributed by atoms with Gasteiger partial charge in [0.2, 0.25) is 0 Å². The van der Waals surface area contributed by atoms with Crippen molar-refractivity contribution in [3.63, 3.8) is 0 Å². The van der Waals surface area contributed by atoms with Crippen LogP contribution < -0.4 is 5.32 Å². The van der Waals surface area contributed by atoms with Gasteiger partial charge in [0.05, 0.1) is 0 Å². The summed E-state index contributed by atoms with van der Waals surface area (Å²) in [6, 6.07) is 8.31. The van der Waals surface area contributed by atoms with E-state index in [0.717, 1.165) is 5.56 Å². The number of nitrogens with zero attached hydrogens (tertiary/aromatic N) is 1. The smallest absolute Gasteiger partial charge is 0.326 e. The number of rotatable bonds is 5. The first kappa shape index (κ1) is 14.0. The summed E-state index contributed by atoms with van der Waals surface area (Å²) in [4.78, 5) is 24.0. The Labute approximate surface area is 106 Å². The fraction of sp³-hybridized carbons (Fsp3) is 0.385. The molecule has 5 heteroatoms. The number of carbonyl (C=O) groups is 2. The van der Waals surface area contributed by atoms with E-state index in [1.807, 2.05) is 30.3 Å². The van der Waals surface area contributed by atoms with E-state index >= 15 is 0 Å². The second-order valence-electron chi connectivity index (χ2n) is 4.09. The molecule has 0 aliphatic heterocycles. The molecule has 2 amide bonds. The molecule has 98 valence electrons. The van der Waals surface area contributed by atoms with Crippen molar-refractivity contribution < 1.29 is 14.7 Å². The minimum Gasteiger partial charge on any atom is -0.480 e. The zero-order valence-corrected chi connectivity index (χ0v) is 10.6. The van der Waals surface area contributed by atoms with Crippen LogP contribution in [-0.4, -0.2) is 35.1 Å². The van der Waals surface area contributed by atoms with Crippen molar-refractivity contribution in [2.24, 2.45) is 0 Å². The van der Waals surface area contributed by atoms with Crippen molar-refractivity contribution in [3.05, 3.63) is 35.9 Å². The molecule has 0 aliphatic carbocycles. The molecule has 0 spiro atoms. The molecule has 2 N–H and O–H groups in total.